The third-order valence-corrected chi connectivity index (χ3v) is 7.77. The minimum Gasteiger partial charge on any atom is -0.494 e. The number of likely N-dealkylation sites (N-methyl/N-ethyl adjacent to an activating group) is 1. The first kappa shape index (κ1) is 29.0. The highest BCUT2D eigenvalue weighted by Crippen LogP contribution is 2.21. The maximum absolute atomic E-state index is 14.3. The lowest BCUT2D eigenvalue weighted by molar-refractivity contribution is -0.131. The number of amides is 1. The number of hydrogen-bond acceptors (Lipinski definition) is 6. The van der Waals surface area contributed by atoms with Crippen LogP contribution in [0, 0.1) is 5.82 Å². The number of anilines is 1. The van der Waals surface area contributed by atoms with E-state index in [1.807, 2.05) is 9.80 Å². The van der Waals surface area contributed by atoms with E-state index < -0.39 is 5.82 Å². The number of guanidine groups is 2. The molecule has 0 saturated carbocycles. The summed E-state index contributed by atoms with van der Waals surface area (Å²) in [6.07, 6.45) is 4.60. The number of carbonyl (C=O) groups excluding carboxylic acids is 1. The van der Waals surface area contributed by atoms with Crippen molar-refractivity contribution in [3.05, 3.63) is 24.0 Å². The molecule has 0 spiro atoms. The van der Waals surface area contributed by atoms with Crippen LogP contribution < -0.4 is 21.1 Å². The Hall–Kier alpha value is -2.96. The number of aliphatic imine (C=N–C) groups is 2. The first-order chi connectivity index (χ1) is 19.0. The summed E-state index contributed by atoms with van der Waals surface area (Å²) in [6, 6.07) is 5.13. The van der Waals surface area contributed by atoms with Gasteiger partial charge in [-0.05, 0) is 50.9 Å². The van der Waals surface area contributed by atoms with E-state index in [1.54, 1.807) is 12.1 Å². The molecule has 4 rings (SSSR count). The molecule has 0 aliphatic carbocycles. The van der Waals surface area contributed by atoms with E-state index in [2.05, 4.69) is 37.3 Å². The van der Waals surface area contributed by atoms with Crippen molar-refractivity contribution >= 4 is 23.5 Å². The Kier molecular flexibility index (Phi) is 10.7. The minimum absolute atomic E-state index is 0.168. The van der Waals surface area contributed by atoms with E-state index in [1.165, 1.54) is 26.0 Å². The van der Waals surface area contributed by atoms with Crippen molar-refractivity contribution in [1.29, 1.82) is 0 Å². The number of hydrogen-bond donors (Lipinski definition) is 3. The molecule has 216 valence electrons. The third-order valence-electron chi connectivity index (χ3n) is 7.77. The van der Waals surface area contributed by atoms with Crippen molar-refractivity contribution in [2.45, 2.75) is 38.6 Å². The van der Waals surface area contributed by atoms with Gasteiger partial charge < -0.3 is 25.6 Å². The fourth-order valence-electron chi connectivity index (χ4n) is 5.45. The van der Waals surface area contributed by atoms with Gasteiger partial charge in [-0.25, -0.2) is 9.38 Å². The zero-order valence-electron chi connectivity index (χ0n) is 23.4. The van der Waals surface area contributed by atoms with Gasteiger partial charge in [-0.1, -0.05) is 6.92 Å². The molecule has 3 saturated heterocycles. The highest BCUT2D eigenvalue weighted by molar-refractivity contribution is 6.01. The fourth-order valence-corrected chi connectivity index (χ4v) is 5.45. The lowest BCUT2D eigenvalue weighted by atomic mass is 10.2. The summed E-state index contributed by atoms with van der Waals surface area (Å²) in [6.45, 7) is 10.6. The molecule has 0 aromatic heterocycles. The summed E-state index contributed by atoms with van der Waals surface area (Å²) >= 11 is 0. The number of nitrogens with one attached hydrogen (secondary N) is 2. The lowest BCUT2D eigenvalue weighted by Gasteiger charge is -2.35. The normalized spacial score (nSPS) is 21.6. The van der Waals surface area contributed by atoms with Crippen molar-refractivity contribution in [2.75, 3.05) is 84.5 Å². The number of rotatable bonds is 9. The predicted octanol–water partition coefficient (Wildman–Crippen LogP) is 1.19. The van der Waals surface area contributed by atoms with Gasteiger partial charge in [0.1, 0.15) is 0 Å². The van der Waals surface area contributed by atoms with Crippen molar-refractivity contribution in [1.82, 2.24) is 24.9 Å². The second-order valence-electron chi connectivity index (χ2n) is 10.3. The summed E-state index contributed by atoms with van der Waals surface area (Å²) in [5.41, 5.74) is 6.91. The minimum atomic E-state index is -0.475. The first-order valence-electron chi connectivity index (χ1n) is 14.2. The molecule has 3 heterocycles. The average Bonchev–Trinajstić information content (AvgIpc) is 3.64. The zero-order chi connectivity index (χ0) is 27.6. The van der Waals surface area contributed by atoms with E-state index in [-0.39, 0.29) is 11.7 Å². The van der Waals surface area contributed by atoms with Gasteiger partial charge in [0, 0.05) is 63.6 Å². The summed E-state index contributed by atoms with van der Waals surface area (Å²) in [4.78, 5) is 30.3. The molecule has 1 aromatic rings. The number of piperazine rings is 1. The Labute approximate surface area is 231 Å². The molecule has 39 heavy (non-hydrogen) atoms. The Balaban J connectivity index is 1.36. The highest BCUT2D eigenvalue weighted by atomic mass is 19.1. The molecule has 0 radical (unpaired) electrons. The number of nitrogens with zero attached hydrogens (tertiary/aromatic N) is 6. The summed E-state index contributed by atoms with van der Waals surface area (Å²) in [5.74, 6) is 0.544. The van der Waals surface area contributed by atoms with Crippen molar-refractivity contribution < 1.29 is 13.9 Å². The second kappa shape index (κ2) is 14.4. The Morgan fingerprint density at radius 3 is 2.56 bits per heavy atom. The number of methoxy groups -OCH3 is 1. The van der Waals surface area contributed by atoms with E-state index in [0.29, 0.717) is 50.0 Å². The molecule has 1 atom stereocenters. The van der Waals surface area contributed by atoms with E-state index in [4.69, 9.17) is 10.5 Å². The third kappa shape index (κ3) is 8.26. The van der Waals surface area contributed by atoms with Crippen LogP contribution in [0.3, 0.4) is 0 Å². The standard InChI is InChI=1S/C27H44FN9O2/c1-3-35-12-6-7-22(35)18-30-20-31-27(32-21-8-9-24(39-2)23(28)17-21)33-26(29)37-15-13-34(14-16-37)19-25(38)36-10-4-5-11-36/h8-9,17,22,30H,3-7,10-16,18-20H2,1-2H3,(H3,29,31,32,33). The maximum Gasteiger partial charge on any atom is 0.236 e. The molecule has 3 aliphatic rings. The number of carbonyl (C=O) groups is 1. The first-order valence-corrected chi connectivity index (χ1v) is 14.2. The fraction of sp³-hybridized carbons (Fsp3) is 0.667. The second-order valence-corrected chi connectivity index (χ2v) is 10.3. The Morgan fingerprint density at radius 2 is 1.87 bits per heavy atom. The molecule has 1 aromatic carbocycles. The van der Waals surface area contributed by atoms with Gasteiger partial charge in [0.25, 0.3) is 0 Å². The van der Waals surface area contributed by atoms with Crippen LogP contribution in [0.15, 0.2) is 28.2 Å². The summed E-state index contributed by atoms with van der Waals surface area (Å²) in [7, 11) is 1.43. The number of likely N-dealkylation sites (tertiary alicyclic amines) is 2. The summed E-state index contributed by atoms with van der Waals surface area (Å²) < 4.78 is 19.3. The van der Waals surface area contributed by atoms with Crippen LogP contribution >= 0.6 is 0 Å². The van der Waals surface area contributed by atoms with Gasteiger partial charge >= 0.3 is 0 Å². The van der Waals surface area contributed by atoms with Crippen LogP contribution in [0.4, 0.5) is 10.1 Å². The van der Waals surface area contributed by atoms with E-state index >= 15 is 0 Å². The highest BCUT2D eigenvalue weighted by Gasteiger charge is 2.25. The van der Waals surface area contributed by atoms with E-state index in [9.17, 15) is 9.18 Å². The quantitative estimate of drug-likeness (QED) is 0.241. The van der Waals surface area contributed by atoms with Gasteiger partial charge in [0.05, 0.1) is 20.3 Å². The molecule has 12 heteroatoms. The van der Waals surface area contributed by atoms with Gasteiger partial charge in [-0.2, -0.15) is 4.99 Å². The summed E-state index contributed by atoms with van der Waals surface area (Å²) in [5, 5.41) is 6.51. The molecule has 1 amide bonds. The van der Waals surface area contributed by atoms with Gasteiger partial charge in [-0.15, -0.1) is 0 Å². The number of ether oxygens (including phenoxy) is 1. The van der Waals surface area contributed by atoms with Gasteiger partial charge in [-0.3, -0.25) is 19.9 Å². The predicted molar refractivity (Wildman–Crippen MR) is 153 cm³/mol. The monoisotopic (exact) mass is 545 g/mol. The van der Waals surface area contributed by atoms with Crippen molar-refractivity contribution in [3.63, 3.8) is 0 Å². The number of halogens is 1. The SMILES string of the molecule is CCN1CCCC1CNC/N=C(\N=C(/N)N1CCN(CC(=O)N2CCCC2)CC1)Nc1ccc(OC)c(F)c1. The van der Waals surface area contributed by atoms with Crippen LogP contribution in [0.25, 0.3) is 0 Å². The molecule has 1 unspecified atom stereocenters. The topological polar surface area (TPSA) is 114 Å². The van der Waals surface area contributed by atoms with Crippen LogP contribution in [-0.2, 0) is 4.79 Å². The molecule has 0 bridgehead atoms. The van der Waals surface area contributed by atoms with Crippen molar-refractivity contribution in [3.8, 4) is 5.75 Å². The van der Waals surface area contributed by atoms with Gasteiger partial charge in [0.2, 0.25) is 11.9 Å². The van der Waals surface area contributed by atoms with Crippen LogP contribution in [0.2, 0.25) is 0 Å². The smallest absolute Gasteiger partial charge is 0.236 e. The molecule has 3 fully saturated rings. The molecule has 11 nitrogen and oxygen atoms in total. The molecule has 3 aliphatic heterocycles. The van der Waals surface area contributed by atoms with Crippen LogP contribution in [0.5, 0.6) is 5.75 Å². The number of benzene rings is 1. The van der Waals surface area contributed by atoms with E-state index in [0.717, 1.165) is 58.7 Å². The number of nitrogens with two attached hydrogens (primary N) is 1. The molecular formula is C27H44FN9O2. The average molecular weight is 546 g/mol. The molecule has 4 N–H and O–H groups in total. The van der Waals surface area contributed by atoms with Crippen LogP contribution in [0.1, 0.15) is 32.6 Å². The largest absolute Gasteiger partial charge is 0.494 e. The van der Waals surface area contributed by atoms with Crippen molar-refractivity contribution in [2.24, 2.45) is 15.7 Å². The molecular weight excluding hydrogens is 501 g/mol. The Bertz CT molecular complexity index is 1010. The lowest BCUT2D eigenvalue weighted by Crippen LogP contribution is -2.53. The van der Waals surface area contributed by atoms with Crippen LogP contribution in [-0.4, -0.2) is 123 Å². The Morgan fingerprint density at radius 1 is 1.10 bits per heavy atom. The zero-order valence-corrected chi connectivity index (χ0v) is 23.4. The maximum atomic E-state index is 14.3. The van der Waals surface area contributed by atoms with Gasteiger partial charge in [0.15, 0.2) is 17.5 Å².